The number of esters is 2. The predicted octanol–water partition coefficient (Wildman–Crippen LogP) is 10.9. The van der Waals surface area contributed by atoms with Crippen molar-refractivity contribution in [1.82, 2.24) is 0 Å². The summed E-state index contributed by atoms with van der Waals surface area (Å²) in [5.41, 5.74) is 5.33. The van der Waals surface area contributed by atoms with Crippen molar-refractivity contribution < 1.29 is 37.6 Å². The van der Waals surface area contributed by atoms with E-state index >= 15 is 0 Å². The SMILES string of the molecule is CCC=CCC=CCC=CCC=CCCCCC(=O)OC[C@H](COP(=O)(O)OCCN)OC(=O)CCCCCCCC=CCCCCCCCC. The number of carbonyl (C=O) groups excluding carboxylic acids is 2. The van der Waals surface area contributed by atoms with E-state index in [2.05, 4.69) is 74.6 Å². The van der Waals surface area contributed by atoms with Crippen molar-refractivity contribution in [2.75, 3.05) is 26.4 Å². The maximum atomic E-state index is 12.5. The summed E-state index contributed by atoms with van der Waals surface area (Å²) >= 11 is 0. The lowest BCUT2D eigenvalue weighted by Gasteiger charge is -2.19. The first kappa shape index (κ1) is 48.7. The fourth-order valence-electron chi connectivity index (χ4n) is 4.97. The van der Waals surface area contributed by atoms with Crippen LogP contribution in [0.15, 0.2) is 60.8 Å². The minimum absolute atomic E-state index is 0.0438. The monoisotopic (exact) mass is 737 g/mol. The number of nitrogens with two attached hydrogens (primary N) is 1. The number of hydrogen-bond acceptors (Lipinski definition) is 8. The van der Waals surface area contributed by atoms with Crippen molar-refractivity contribution in [1.29, 1.82) is 0 Å². The zero-order valence-corrected chi connectivity index (χ0v) is 33.0. The molecule has 0 aliphatic carbocycles. The van der Waals surface area contributed by atoms with Crippen LogP contribution in [-0.2, 0) is 32.7 Å². The molecule has 0 aromatic heterocycles. The largest absolute Gasteiger partial charge is 0.472 e. The highest BCUT2D eigenvalue weighted by molar-refractivity contribution is 7.47. The van der Waals surface area contributed by atoms with Gasteiger partial charge in [0.05, 0.1) is 13.2 Å². The standard InChI is InChI=1S/C41H72NO8P/c1-3-5-7-9-11-13-15-17-19-21-23-25-27-29-31-33-40(43)47-37-39(38-49-51(45,46)48-36-35-42)50-41(44)34-32-30-28-26-24-22-20-18-16-14-12-10-8-6-4-2/h5,7,11,13,17-20,23,25,39H,3-4,6,8-10,12,14-16,21-22,24,26-38,42H2,1-2H3,(H,45,46)/t39-/m1/s1. The number of ether oxygens (including phenoxy) is 2. The molecular weight excluding hydrogens is 665 g/mol. The molecule has 10 heteroatoms. The highest BCUT2D eigenvalue weighted by Crippen LogP contribution is 2.43. The number of phosphoric acid groups is 1. The van der Waals surface area contributed by atoms with Crippen LogP contribution < -0.4 is 5.73 Å². The molecular formula is C41H72NO8P. The Morgan fingerprint density at radius 1 is 0.608 bits per heavy atom. The Hall–Kier alpha value is -2.29. The van der Waals surface area contributed by atoms with Gasteiger partial charge < -0.3 is 20.1 Å². The number of phosphoric ester groups is 1. The van der Waals surface area contributed by atoms with E-state index < -0.39 is 32.5 Å². The minimum atomic E-state index is -4.39. The van der Waals surface area contributed by atoms with E-state index in [-0.39, 0.29) is 32.6 Å². The van der Waals surface area contributed by atoms with Gasteiger partial charge >= 0.3 is 19.8 Å². The Labute approximate surface area is 310 Å². The predicted molar refractivity (Wildman–Crippen MR) is 210 cm³/mol. The summed E-state index contributed by atoms with van der Waals surface area (Å²) < 4.78 is 32.6. The average Bonchev–Trinajstić information content (AvgIpc) is 3.11. The molecule has 0 aliphatic heterocycles. The molecule has 0 fully saturated rings. The average molecular weight is 738 g/mol. The van der Waals surface area contributed by atoms with Gasteiger partial charge in [0, 0.05) is 19.4 Å². The molecule has 51 heavy (non-hydrogen) atoms. The van der Waals surface area contributed by atoms with Crippen molar-refractivity contribution in [2.45, 2.75) is 161 Å². The number of carbonyl (C=O) groups is 2. The first-order chi connectivity index (χ1) is 24.8. The van der Waals surface area contributed by atoms with Crippen LogP contribution in [-0.4, -0.2) is 49.3 Å². The van der Waals surface area contributed by atoms with Crippen molar-refractivity contribution in [3.63, 3.8) is 0 Å². The highest BCUT2D eigenvalue weighted by Gasteiger charge is 2.25. The molecule has 0 heterocycles. The van der Waals surface area contributed by atoms with Crippen LogP contribution in [0.4, 0.5) is 0 Å². The number of unbranched alkanes of at least 4 members (excludes halogenated alkanes) is 13. The van der Waals surface area contributed by atoms with E-state index in [1.54, 1.807) is 0 Å². The quantitative estimate of drug-likeness (QED) is 0.0279. The fourth-order valence-corrected chi connectivity index (χ4v) is 5.74. The molecule has 0 amide bonds. The van der Waals surface area contributed by atoms with Crippen LogP contribution >= 0.6 is 7.82 Å². The maximum Gasteiger partial charge on any atom is 0.472 e. The van der Waals surface area contributed by atoms with Crippen LogP contribution in [0.2, 0.25) is 0 Å². The summed E-state index contributed by atoms with van der Waals surface area (Å²) in [6.45, 7) is 3.53. The van der Waals surface area contributed by atoms with Crippen molar-refractivity contribution in [3.05, 3.63) is 60.8 Å². The molecule has 0 rings (SSSR count). The Morgan fingerprint density at radius 2 is 1.08 bits per heavy atom. The third kappa shape index (κ3) is 37.3. The van der Waals surface area contributed by atoms with Gasteiger partial charge in [0.25, 0.3) is 0 Å². The third-order valence-electron chi connectivity index (χ3n) is 7.89. The molecule has 0 saturated carbocycles. The Balaban J connectivity index is 4.30. The lowest BCUT2D eigenvalue weighted by atomic mass is 10.1. The van der Waals surface area contributed by atoms with Gasteiger partial charge in [-0.1, -0.05) is 126 Å². The number of allylic oxidation sites excluding steroid dienone is 10. The van der Waals surface area contributed by atoms with Gasteiger partial charge in [0.2, 0.25) is 0 Å². The fraction of sp³-hybridized carbons (Fsp3) is 0.707. The van der Waals surface area contributed by atoms with Gasteiger partial charge in [-0.15, -0.1) is 0 Å². The summed E-state index contributed by atoms with van der Waals surface area (Å²) in [6, 6.07) is 0. The van der Waals surface area contributed by atoms with Crippen LogP contribution in [0.5, 0.6) is 0 Å². The lowest BCUT2D eigenvalue weighted by molar-refractivity contribution is -0.161. The Bertz CT molecular complexity index is 1020. The normalized spacial score (nSPS) is 14.0. The van der Waals surface area contributed by atoms with E-state index in [0.717, 1.165) is 70.6 Å². The molecule has 2 atom stereocenters. The second kappa shape index (κ2) is 37.5. The molecule has 294 valence electrons. The third-order valence-corrected chi connectivity index (χ3v) is 8.87. The Morgan fingerprint density at radius 3 is 1.67 bits per heavy atom. The molecule has 0 radical (unpaired) electrons. The van der Waals surface area contributed by atoms with E-state index in [0.29, 0.717) is 12.8 Å². The smallest absolute Gasteiger partial charge is 0.462 e. The molecule has 0 aromatic rings. The summed E-state index contributed by atoms with van der Waals surface area (Å²) in [5.74, 6) is -0.893. The maximum absolute atomic E-state index is 12.5. The summed E-state index contributed by atoms with van der Waals surface area (Å²) in [5, 5.41) is 0. The van der Waals surface area contributed by atoms with E-state index in [1.165, 1.54) is 44.9 Å². The highest BCUT2D eigenvalue weighted by atomic mass is 31.2. The topological polar surface area (TPSA) is 134 Å². The summed E-state index contributed by atoms with van der Waals surface area (Å²) in [7, 11) is -4.39. The van der Waals surface area contributed by atoms with Gasteiger partial charge in [0.15, 0.2) is 6.10 Å². The molecule has 0 spiro atoms. The lowest BCUT2D eigenvalue weighted by Crippen LogP contribution is -2.29. The number of rotatable bonds is 36. The molecule has 9 nitrogen and oxygen atoms in total. The number of hydrogen-bond donors (Lipinski definition) is 2. The first-order valence-corrected chi connectivity index (χ1v) is 21.3. The van der Waals surface area contributed by atoms with Crippen LogP contribution in [0.1, 0.15) is 155 Å². The van der Waals surface area contributed by atoms with Gasteiger partial charge in [-0.3, -0.25) is 18.6 Å². The van der Waals surface area contributed by atoms with Crippen molar-refractivity contribution in [2.24, 2.45) is 5.73 Å². The Kier molecular flexibility index (Phi) is 35.8. The van der Waals surface area contributed by atoms with Crippen molar-refractivity contribution >= 4 is 19.8 Å². The van der Waals surface area contributed by atoms with E-state index in [4.69, 9.17) is 24.3 Å². The zero-order chi connectivity index (χ0) is 37.5. The van der Waals surface area contributed by atoms with Gasteiger partial charge in [-0.2, -0.15) is 0 Å². The van der Waals surface area contributed by atoms with Gasteiger partial charge in [0.1, 0.15) is 6.61 Å². The first-order valence-electron chi connectivity index (χ1n) is 19.8. The summed E-state index contributed by atoms with van der Waals surface area (Å²) in [6.07, 6.45) is 42.5. The van der Waals surface area contributed by atoms with E-state index in [1.807, 2.05) is 0 Å². The minimum Gasteiger partial charge on any atom is -0.462 e. The molecule has 3 N–H and O–H groups in total. The van der Waals surface area contributed by atoms with Crippen LogP contribution in [0.25, 0.3) is 0 Å². The van der Waals surface area contributed by atoms with Crippen LogP contribution in [0, 0.1) is 0 Å². The second-order valence-corrected chi connectivity index (χ2v) is 14.2. The molecule has 1 unspecified atom stereocenters. The van der Waals surface area contributed by atoms with Gasteiger partial charge in [-0.25, -0.2) is 4.57 Å². The molecule has 0 bridgehead atoms. The van der Waals surface area contributed by atoms with Crippen molar-refractivity contribution in [3.8, 4) is 0 Å². The zero-order valence-electron chi connectivity index (χ0n) is 32.1. The van der Waals surface area contributed by atoms with E-state index in [9.17, 15) is 19.0 Å². The molecule has 0 saturated heterocycles. The van der Waals surface area contributed by atoms with Gasteiger partial charge in [-0.05, 0) is 77.0 Å². The molecule has 0 aromatic carbocycles. The molecule has 0 aliphatic rings. The second-order valence-electron chi connectivity index (χ2n) is 12.8. The van der Waals surface area contributed by atoms with Crippen LogP contribution in [0.3, 0.4) is 0 Å². The summed E-state index contributed by atoms with van der Waals surface area (Å²) in [4.78, 5) is 34.7.